The van der Waals surface area contributed by atoms with Gasteiger partial charge in [-0.25, -0.2) is 0 Å². The lowest BCUT2D eigenvalue weighted by Gasteiger charge is -2.18. The van der Waals surface area contributed by atoms with Gasteiger partial charge in [0.15, 0.2) is 0 Å². The van der Waals surface area contributed by atoms with Gasteiger partial charge < -0.3 is 9.84 Å². The van der Waals surface area contributed by atoms with E-state index >= 15 is 0 Å². The first kappa shape index (κ1) is 14.5. The van der Waals surface area contributed by atoms with E-state index in [0.29, 0.717) is 13.0 Å². The average molecular weight is 248 g/mol. The Morgan fingerprint density at radius 3 is 2.67 bits per heavy atom. The van der Waals surface area contributed by atoms with Gasteiger partial charge in [-0.05, 0) is 25.3 Å². The maximum atomic E-state index is 11.6. The summed E-state index contributed by atoms with van der Waals surface area (Å²) in [6.07, 6.45) is 1.94. The van der Waals surface area contributed by atoms with Crippen LogP contribution >= 0.6 is 0 Å². The second-order valence-corrected chi connectivity index (χ2v) is 4.11. The van der Waals surface area contributed by atoms with Crippen molar-refractivity contribution in [2.75, 3.05) is 6.61 Å². The molecule has 3 heteroatoms. The zero-order valence-corrected chi connectivity index (χ0v) is 10.7. The number of aliphatic hydroxyl groups is 1. The number of aryl methyl sites for hydroxylation is 1. The number of esters is 1. The quantitative estimate of drug-likeness (QED) is 0.595. The Morgan fingerprint density at radius 2 is 2.11 bits per heavy atom. The minimum atomic E-state index is -0.748. The van der Waals surface area contributed by atoms with Crippen molar-refractivity contribution in [3.63, 3.8) is 0 Å². The van der Waals surface area contributed by atoms with E-state index in [0.717, 1.165) is 12.0 Å². The molecule has 98 valence electrons. The largest absolute Gasteiger partial charge is 0.465 e. The number of hydrogen-bond acceptors (Lipinski definition) is 3. The minimum absolute atomic E-state index is 0.314. The molecule has 1 aromatic rings. The summed E-state index contributed by atoms with van der Waals surface area (Å²) in [6, 6.07) is 9.86. The number of rotatable bonds is 7. The highest BCUT2D eigenvalue weighted by Crippen LogP contribution is 2.14. The molecule has 0 amide bonds. The highest BCUT2D eigenvalue weighted by Gasteiger charge is 2.24. The Hall–Kier alpha value is -1.61. The Balaban J connectivity index is 2.50. The predicted octanol–water partition coefficient (Wildman–Crippen LogP) is 2.35. The van der Waals surface area contributed by atoms with Crippen LogP contribution in [0.1, 0.15) is 18.9 Å². The fourth-order valence-electron chi connectivity index (χ4n) is 1.79. The van der Waals surface area contributed by atoms with E-state index in [1.807, 2.05) is 30.3 Å². The molecule has 0 unspecified atom stereocenters. The molecule has 18 heavy (non-hydrogen) atoms. The van der Waals surface area contributed by atoms with Crippen molar-refractivity contribution in [2.45, 2.75) is 25.9 Å². The molecule has 0 aromatic heterocycles. The van der Waals surface area contributed by atoms with Gasteiger partial charge in [0, 0.05) is 0 Å². The van der Waals surface area contributed by atoms with E-state index in [4.69, 9.17) is 4.74 Å². The predicted molar refractivity (Wildman–Crippen MR) is 71.1 cm³/mol. The monoisotopic (exact) mass is 248 g/mol. The zero-order valence-electron chi connectivity index (χ0n) is 10.7. The van der Waals surface area contributed by atoms with Crippen molar-refractivity contribution in [2.24, 2.45) is 5.92 Å². The van der Waals surface area contributed by atoms with Crippen molar-refractivity contribution in [3.05, 3.63) is 48.6 Å². The molecule has 3 nitrogen and oxygen atoms in total. The molecule has 0 spiro atoms. The molecule has 0 aliphatic heterocycles. The fraction of sp³-hybridized carbons (Fsp3) is 0.400. The molecular formula is C15H20O3. The summed E-state index contributed by atoms with van der Waals surface area (Å²) in [4.78, 5) is 11.6. The SMILES string of the molecule is C=C[C@@H](C(=O)OCC)[C@H](O)CCc1ccccc1. The third-order valence-electron chi connectivity index (χ3n) is 2.80. The van der Waals surface area contributed by atoms with E-state index < -0.39 is 18.0 Å². The molecule has 0 aliphatic rings. The lowest BCUT2D eigenvalue weighted by atomic mass is 9.96. The lowest BCUT2D eigenvalue weighted by Crippen LogP contribution is -2.28. The van der Waals surface area contributed by atoms with Crippen LogP contribution in [0.25, 0.3) is 0 Å². The molecule has 2 atom stereocenters. The van der Waals surface area contributed by atoms with E-state index in [1.54, 1.807) is 6.92 Å². The summed E-state index contributed by atoms with van der Waals surface area (Å²) in [7, 11) is 0. The molecule has 0 bridgehead atoms. The van der Waals surface area contributed by atoms with Crippen LogP contribution in [0.2, 0.25) is 0 Å². The molecule has 0 fully saturated rings. The number of benzene rings is 1. The van der Waals surface area contributed by atoms with Gasteiger partial charge in [-0.2, -0.15) is 0 Å². The Labute approximate surface area is 108 Å². The van der Waals surface area contributed by atoms with Crippen LogP contribution in [0.4, 0.5) is 0 Å². The highest BCUT2D eigenvalue weighted by atomic mass is 16.5. The number of ether oxygens (including phenoxy) is 1. The van der Waals surface area contributed by atoms with Gasteiger partial charge in [0.1, 0.15) is 5.92 Å². The van der Waals surface area contributed by atoms with Gasteiger partial charge in [0.25, 0.3) is 0 Å². The normalized spacial score (nSPS) is 13.7. The van der Waals surface area contributed by atoms with Gasteiger partial charge in [-0.1, -0.05) is 36.4 Å². The van der Waals surface area contributed by atoms with Crippen molar-refractivity contribution >= 4 is 5.97 Å². The molecule has 1 N–H and O–H groups in total. The molecule has 0 radical (unpaired) electrons. The van der Waals surface area contributed by atoms with Crippen LogP contribution in [0.15, 0.2) is 43.0 Å². The molecule has 0 saturated carbocycles. The fourth-order valence-corrected chi connectivity index (χ4v) is 1.79. The summed E-state index contributed by atoms with van der Waals surface area (Å²) in [5.74, 6) is -1.05. The van der Waals surface area contributed by atoms with Crippen molar-refractivity contribution in [1.82, 2.24) is 0 Å². The van der Waals surface area contributed by atoms with Crippen LogP contribution in [0.3, 0.4) is 0 Å². The van der Waals surface area contributed by atoms with Crippen LogP contribution in [-0.4, -0.2) is 23.8 Å². The molecule has 0 aliphatic carbocycles. The van der Waals surface area contributed by atoms with Crippen LogP contribution < -0.4 is 0 Å². The number of aliphatic hydroxyl groups excluding tert-OH is 1. The summed E-state index contributed by atoms with van der Waals surface area (Å²) >= 11 is 0. The second kappa shape index (κ2) is 7.67. The first-order chi connectivity index (χ1) is 8.69. The maximum absolute atomic E-state index is 11.6. The van der Waals surface area contributed by atoms with E-state index in [9.17, 15) is 9.90 Å². The average Bonchev–Trinajstić information content (AvgIpc) is 2.39. The van der Waals surface area contributed by atoms with E-state index in [-0.39, 0.29) is 0 Å². The van der Waals surface area contributed by atoms with Crippen molar-refractivity contribution in [1.29, 1.82) is 0 Å². The van der Waals surface area contributed by atoms with E-state index in [1.165, 1.54) is 6.08 Å². The Bertz CT molecular complexity index is 373. The van der Waals surface area contributed by atoms with Gasteiger partial charge >= 0.3 is 5.97 Å². The van der Waals surface area contributed by atoms with E-state index in [2.05, 4.69) is 6.58 Å². The third kappa shape index (κ3) is 4.34. The van der Waals surface area contributed by atoms with Crippen LogP contribution in [-0.2, 0) is 16.0 Å². The third-order valence-corrected chi connectivity index (χ3v) is 2.80. The summed E-state index contributed by atoms with van der Waals surface area (Å²) < 4.78 is 4.90. The van der Waals surface area contributed by atoms with Gasteiger partial charge in [0.05, 0.1) is 12.7 Å². The molecule has 1 aromatic carbocycles. The smallest absolute Gasteiger partial charge is 0.315 e. The highest BCUT2D eigenvalue weighted by molar-refractivity contribution is 5.75. The molecule has 0 saturated heterocycles. The number of hydrogen-bond donors (Lipinski definition) is 1. The number of carbonyl (C=O) groups is 1. The second-order valence-electron chi connectivity index (χ2n) is 4.11. The van der Waals surface area contributed by atoms with Crippen molar-refractivity contribution < 1.29 is 14.6 Å². The Kier molecular flexibility index (Phi) is 6.15. The minimum Gasteiger partial charge on any atom is -0.465 e. The first-order valence-electron chi connectivity index (χ1n) is 6.20. The lowest BCUT2D eigenvalue weighted by molar-refractivity contribution is -0.149. The first-order valence-corrected chi connectivity index (χ1v) is 6.20. The Morgan fingerprint density at radius 1 is 1.44 bits per heavy atom. The van der Waals surface area contributed by atoms with Crippen molar-refractivity contribution in [3.8, 4) is 0 Å². The zero-order chi connectivity index (χ0) is 13.4. The maximum Gasteiger partial charge on any atom is 0.315 e. The van der Waals surface area contributed by atoms with Gasteiger partial charge in [-0.15, -0.1) is 6.58 Å². The number of carbonyl (C=O) groups excluding carboxylic acids is 1. The summed E-state index contributed by atoms with van der Waals surface area (Å²) in [5, 5.41) is 10.00. The standard InChI is InChI=1S/C15H20O3/c1-3-13(15(17)18-4-2)14(16)11-10-12-8-6-5-7-9-12/h3,5-9,13-14,16H,1,4,10-11H2,2H3/t13-,14-/m1/s1. The van der Waals surface area contributed by atoms with Gasteiger partial charge in [0.2, 0.25) is 0 Å². The molecule has 0 heterocycles. The van der Waals surface area contributed by atoms with Crippen LogP contribution in [0.5, 0.6) is 0 Å². The summed E-state index contributed by atoms with van der Waals surface area (Å²) in [6.45, 7) is 5.64. The summed E-state index contributed by atoms with van der Waals surface area (Å²) in [5.41, 5.74) is 1.14. The van der Waals surface area contributed by atoms with Gasteiger partial charge in [-0.3, -0.25) is 4.79 Å². The molecule has 1 rings (SSSR count). The molecular weight excluding hydrogens is 228 g/mol. The van der Waals surface area contributed by atoms with Crippen LogP contribution in [0, 0.1) is 5.92 Å². The topological polar surface area (TPSA) is 46.5 Å².